The molecule has 1 heterocycles. The number of ether oxygens (including phenoxy) is 1. The van der Waals surface area contributed by atoms with E-state index in [1.807, 2.05) is 13.8 Å². The van der Waals surface area contributed by atoms with Crippen LogP contribution in [0.3, 0.4) is 0 Å². The molecule has 2 N–H and O–H groups in total. The quantitative estimate of drug-likeness (QED) is 0.792. The third-order valence-electron chi connectivity index (χ3n) is 3.29. The fourth-order valence-corrected chi connectivity index (χ4v) is 1.77. The van der Waals surface area contributed by atoms with Crippen LogP contribution in [0.1, 0.15) is 38.2 Å². The number of nitrogens with zero attached hydrogens (tertiary/aromatic N) is 1. The number of nitriles is 1. The number of esters is 1. The number of hydrogen-bond acceptors (Lipinski definition) is 4. The minimum absolute atomic E-state index is 0.0753. The van der Waals surface area contributed by atoms with E-state index >= 15 is 0 Å². The number of amides is 1. The van der Waals surface area contributed by atoms with Crippen LogP contribution in [-0.4, -0.2) is 28.5 Å². The predicted molar refractivity (Wildman–Crippen MR) is 80.4 cm³/mol. The van der Waals surface area contributed by atoms with Crippen molar-refractivity contribution in [1.29, 1.82) is 5.26 Å². The SMILES string of the molecule is CC(OC(=O)c1cc(Br)c[nH]1)C(=O)NC(C)(C#N)C(C)C. The zero-order valence-electron chi connectivity index (χ0n) is 12.4. The Kier molecular flexibility index (Phi) is 5.55. The molecule has 1 rings (SSSR count). The van der Waals surface area contributed by atoms with Crippen molar-refractivity contribution in [3.8, 4) is 6.07 Å². The van der Waals surface area contributed by atoms with Crippen LogP contribution in [0.2, 0.25) is 0 Å². The van der Waals surface area contributed by atoms with E-state index < -0.39 is 23.5 Å². The van der Waals surface area contributed by atoms with Crippen LogP contribution in [0, 0.1) is 17.2 Å². The van der Waals surface area contributed by atoms with Gasteiger partial charge in [-0.1, -0.05) is 13.8 Å². The van der Waals surface area contributed by atoms with Crippen LogP contribution in [0.25, 0.3) is 0 Å². The Morgan fingerprint density at radius 3 is 2.52 bits per heavy atom. The number of halogens is 1. The number of aromatic nitrogens is 1. The fourth-order valence-electron chi connectivity index (χ4n) is 1.42. The van der Waals surface area contributed by atoms with E-state index in [1.54, 1.807) is 19.2 Å². The largest absolute Gasteiger partial charge is 0.448 e. The third-order valence-corrected chi connectivity index (χ3v) is 3.75. The first-order valence-corrected chi connectivity index (χ1v) is 7.27. The van der Waals surface area contributed by atoms with E-state index in [0.29, 0.717) is 4.47 Å². The van der Waals surface area contributed by atoms with Gasteiger partial charge < -0.3 is 15.0 Å². The van der Waals surface area contributed by atoms with Crippen LogP contribution < -0.4 is 5.32 Å². The van der Waals surface area contributed by atoms with Gasteiger partial charge in [-0.2, -0.15) is 5.26 Å². The van der Waals surface area contributed by atoms with Crippen molar-refractivity contribution in [3.63, 3.8) is 0 Å². The molecule has 21 heavy (non-hydrogen) atoms. The van der Waals surface area contributed by atoms with E-state index in [-0.39, 0.29) is 11.6 Å². The molecule has 0 bridgehead atoms. The highest BCUT2D eigenvalue weighted by Gasteiger charge is 2.32. The molecular weight excluding hydrogens is 338 g/mol. The lowest BCUT2D eigenvalue weighted by molar-refractivity contribution is -0.130. The summed E-state index contributed by atoms with van der Waals surface area (Å²) in [5, 5.41) is 11.8. The molecule has 0 radical (unpaired) electrons. The maximum absolute atomic E-state index is 12.0. The van der Waals surface area contributed by atoms with E-state index in [0.717, 1.165) is 0 Å². The first-order chi connectivity index (χ1) is 9.69. The number of carbonyl (C=O) groups is 2. The number of carbonyl (C=O) groups excluding carboxylic acids is 2. The summed E-state index contributed by atoms with van der Waals surface area (Å²) >= 11 is 3.21. The van der Waals surface area contributed by atoms with Gasteiger partial charge in [0, 0.05) is 10.7 Å². The first kappa shape index (κ1) is 17.2. The van der Waals surface area contributed by atoms with Gasteiger partial charge in [0.1, 0.15) is 11.2 Å². The van der Waals surface area contributed by atoms with Gasteiger partial charge in [-0.15, -0.1) is 0 Å². The normalized spacial score (nSPS) is 14.9. The van der Waals surface area contributed by atoms with E-state index in [1.165, 1.54) is 6.92 Å². The van der Waals surface area contributed by atoms with E-state index in [4.69, 9.17) is 10.00 Å². The second kappa shape index (κ2) is 6.76. The maximum atomic E-state index is 12.0. The number of H-pyrrole nitrogens is 1. The lowest BCUT2D eigenvalue weighted by atomic mass is 9.90. The van der Waals surface area contributed by atoms with Crippen LogP contribution in [0.15, 0.2) is 16.7 Å². The highest BCUT2D eigenvalue weighted by Crippen LogP contribution is 2.16. The van der Waals surface area contributed by atoms with Crippen LogP contribution in [0.4, 0.5) is 0 Å². The summed E-state index contributed by atoms with van der Waals surface area (Å²) in [6.07, 6.45) is 0.596. The predicted octanol–water partition coefficient (Wildman–Crippen LogP) is 2.38. The summed E-state index contributed by atoms with van der Waals surface area (Å²) in [5.74, 6) is -1.22. The van der Waals surface area contributed by atoms with Crippen molar-refractivity contribution in [2.45, 2.75) is 39.3 Å². The molecule has 0 saturated carbocycles. The monoisotopic (exact) mass is 355 g/mol. The van der Waals surface area contributed by atoms with Crippen molar-refractivity contribution in [3.05, 3.63) is 22.4 Å². The van der Waals surface area contributed by atoms with Crippen LogP contribution >= 0.6 is 15.9 Å². The van der Waals surface area contributed by atoms with Gasteiger partial charge in [0.25, 0.3) is 5.91 Å². The molecule has 1 aromatic heterocycles. The Bertz CT molecular complexity index is 576. The number of rotatable bonds is 5. The van der Waals surface area contributed by atoms with Crippen molar-refractivity contribution in [2.75, 3.05) is 0 Å². The zero-order valence-corrected chi connectivity index (χ0v) is 13.9. The topological polar surface area (TPSA) is 95.0 Å². The van der Waals surface area contributed by atoms with E-state index in [9.17, 15) is 9.59 Å². The number of nitrogens with one attached hydrogen (secondary N) is 2. The smallest absolute Gasteiger partial charge is 0.355 e. The molecule has 0 fully saturated rings. The summed E-state index contributed by atoms with van der Waals surface area (Å²) < 4.78 is 5.78. The summed E-state index contributed by atoms with van der Waals surface area (Å²) in [6, 6.07) is 3.62. The molecule has 0 aliphatic rings. The molecule has 0 aromatic carbocycles. The third kappa shape index (κ3) is 4.33. The zero-order chi connectivity index (χ0) is 16.2. The lowest BCUT2D eigenvalue weighted by Crippen LogP contribution is -2.52. The van der Waals surface area contributed by atoms with Crippen LogP contribution in [-0.2, 0) is 9.53 Å². The maximum Gasteiger partial charge on any atom is 0.355 e. The standard InChI is InChI=1S/C14H18BrN3O3/c1-8(2)14(4,7-16)18-12(19)9(3)21-13(20)11-5-10(15)6-17-11/h5-6,8-9,17H,1-4H3,(H,18,19). The molecule has 0 aliphatic heterocycles. The minimum atomic E-state index is -1.01. The number of hydrogen-bond donors (Lipinski definition) is 2. The second-order valence-electron chi connectivity index (χ2n) is 5.24. The molecule has 1 aromatic rings. The molecular formula is C14H18BrN3O3. The summed E-state index contributed by atoms with van der Waals surface area (Å²) in [7, 11) is 0. The van der Waals surface area contributed by atoms with Gasteiger partial charge in [0.15, 0.2) is 6.10 Å². The van der Waals surface area contributed by atoms with Crippen molar-refractivity contribution in [2.24, 2.45) is 5.92 Å². The van der Waals surface area contributed by atoms with Crippen molar-refractivity contribution in [1.82, 2.24) is 10.3 Å². The number of aromatic amines is 1. The Hall–Kier alpha value is -1.81. The molecule has 7 heteroatoms. The molecule has 0 aliphatic carbocycles. The highest BCUT2D eigenvalue weighted by molar-refractivity contribution is 9.10. The summed E-state index contributed by atoms with van der Waals surface area (Å²) in [6.45, 7) is 6.75. The van der Waals surface area contributed by atoms with Gasteiger partial charge in [-0.3, -0.25) is 4.79 Å². The van der Waals surface area contributed by atoms with Crippen molar-refractivity contribution >= 4 is 27.8 Å². The Morgan fingerprint density at radius 1 is 1.48 bits per heavy atom. The molecule has 0 spiro atoms. The molecule has 0 saturated heterocycles. The highest BCUT2D eigenvalue weighted by atomic mass is 79.9. The molecule has 114 valence electrons. The lowest BCUT2D eigenvalue weighted by Gasteiger charge is -2.28. The van der Waals surface area contributed by atoms with Gasteiger partial charge in [0.05, 0.1) is 6.07 Å². The molecule has 6 nitrogen and oxygen atoms in total. The Morgan fingerprint density at radius 2 is 2.10 bits per heavy atom. The average molecular weight is 356 g/mol. The molecule has 2 atom stereocenters. The fraction of sp³-hybridized carbons (Fsp3) is 0.500. The Balaban J connectivity index is 2.67. The van der Waals surface area contributed by atoms with Gasteiger partial charge in [-0.25, -0.2) is 4.79 Å². The van der Waals surface area contributed by atoms with Gasteiger partial charge in [0.2, 0.25) is 0 Å². The minimum Gasteiger partial charge on any atom is -0.448 e. The molecule has 2 unspecified atom stereocenters. The Labute approximate surface area is 132 Å². The second-order valence-corrected chi connectivity index (χ2v) is 6.15. The van der Waals surface area contributed by atoms with Gasteiger partial charge >= 0.3 is 5.97 Å². The molecule has 1 amide bonds. The first-order valence-electron chi connectivity index (χ1n) is 6.47. The van der Waals surface area contributed by atoms with Gasteiger partial charge in [-0.05, 0) is 41.8 Å². The van der Waals surface area contributed by atoms with Crippen LogP contribution in [0.5, 0.6) is 0 Å². The van der Waals surface area contributed by atoms with Crippen molar-refractivity contribution < 1.29 is 14.3 Å². The average Bonchev–Trinajstić information content (AvgIpc) is 2.84. The van der Waals surface area contributed by atoms with E-state index in [2.05, 4.69) is 32.3 Å². The summed E-state index contributed by atoms with van der Waals surface area (Å²) in [4.78, 5) is 26.6. The summed E-state index contributed by atoms with van der Waals surface area (Å²) in [5.41, 5.74) is -0.763.